The van der Waals surface area contributed by atoms with Crippen molar-refractivity contribution in [3.05, 3.63) is 53.6 Å². The Balaban J connectivity index is 1.66. The lowest BCUT2D eigenvalue weighted by molar-refractivity contribution is -0.00573. The number of ketones is 1. The summed E-state index contributed by atoms with van der Waals surface area (Å²) >= 11 is 0. The van der Waals surface area contributed by atoms with Gasteiger partial charge in [-0.15, -0.1) is 10.2 Å². The molecule has 0 amide bonds. The number of nitrogens with zero attached hydrogens (tertiary/aromatic N) is 5. The summed E-state index contributed by atoms with van der Waals surface area (Å²) in [5, 5.41) is 10.8. The molecule has 1 N–H and O–H groups in total. The number of morpholine rings is 1. The normalized spacial score (nSPS) is 18.4. The Kier molecular flexibility index (Phi) is 6.70. The Morgan fingerprint density at radius 2 is 1.80 bits per heavy atom. The molecule has 0 saturated carbocycles. The van der Waals surface area contributed by atoms with E-state index in [1.807, 2.05) is 18.7 Å². The molecule has 0 unspecified atom stereocenters. The first-order valence-corrected chi connectivity index (χ1v) is 11.1. The van der Waals surface area contributed by atoms with E-state index in [1.165, 1.54) is 37.3 Å². The van der Waals surface area contributed by atoms with Crippen LogP contribution < -0.4 is 10.2 Å². The van der Waals surface area contributed by atoms with Gasteiger partial charge in [0.1, 0.15) is 5.69 Å². The molecule has 8 nitrogen and oxygen atoms in total. The maximum Gasteiger partial charge on any atom is 0.270 e. The minimum absolute atomic E-state index is 0.0320. The van der Waals surface area contributed by atoms with Gasteiger partial charge in [-0.2, -0.15) is 4.98 Å². The third-order valence-electron chi connectivity index (χ3n) is 5.51. The topological polar surface area (TPSA) is 93.1 Å². The molecule has 0 bridgehead atoms. The average Bonchev–Trinajstić information content (AvgIpc) is 2.79. The highest BCUT2D eigenvalue weighted by molar-refractivity contribution is 5.99. The van der Waals surface area contributed by atoms with Crippen molar-refractivity contribution in [2.24, 2.45) is 0 Å². The molecule has 3 heterocycles. The number of carbonyl (C=O) groups is 1. The molecule has 0 spiro atoms. The summed E-state index contributed by atoms with van der Waals surface area (Å²) in [5.41, 5.74) is 0.757. The summed E-state index contributed by atoms with van der Waals surface area (Å²) in [6.45, 7) is 7.12. The summed E-state index contributed by atoms with van der Waals surface area (Å²) in [4.78, 5) is 22.4. The molecule has 3 aromatic rings. The first kappa shape index (κ1) is 24.5. The monoisotopic (exact) mass is 486 g/mol. The molecule has 35 heavy (non-hydrogen) atoms. The first-order chi connectivity index (χ1) is 16.5. The molecule has 2 aromatic heterocycles. The van der Waals surface area contributed by atoms with Gasteiger partial charge < -0.3 is 15.0 Å². The lowest BCUT2D eigenvalue weighted by atomic mass is 10.00. The third kappa shape index (κ3) is 5.56. The van der Waals surface area contributed by atoms with Gasteiger partial charge in [0.2, 0.25) is 5.95 Å². The van der Waals surface area contributed by atoms with Crippen molar-refractivity contribution in [1.82, 2.24) is 20.2 Å². The highest BCUT2D eigenvalue weighted by Gasteiger charge is 2.26. The molecule has 1 saturated heterocycles. The number of rotatable bonds is 6. The van der Waals surface area contributed by atoms with Gasteiger partial charge >= 0.3 is 0 Å². The quantitative estimate of drug-likeness (QED) is 0.500. The summed E-state index contributed by atoms with van der Waals surface area (Å²) in [6, 6.07) is 7.03. The summed E-state index contributed by atoms with van der Waals surface area (Å²) < 4.78 is 47.5. The predicted molar refractivity (Wildman–Crippen MR) is 125 cm³/mol. The number of nitrogens with one attached hydrogen (secondary N) is 1. The molecule has 0 aliphatic carbocycles. The number of carbonyl (C=O) groups excluding carboxylic acids is 1. The fourth-order valence-corrected chi connectivity index (χ4v) is 3.94. The van der Waals surface area contributed by atoms with E-state index >= 15 is 0 Å². The van der Waals surface area contributed by atoms with Crippen LogP contribution in [0.5, 0.6) is 0 Å². The van der Waals surface area contributed by atoms with Crippen molar-refractivity contribution < 1.29 is 22.7 Å². The molecule has 11 heteroatoms. The van der Waals surface area contributed by atoms with E-state index in [4.69, 9.17) is 4.74 Å². The number of anilines is 3. The van der Waals surface area contributed by atoms with Gasteiger partial charge in [-0.3, -0.25) is 4.79 Å². The van der Waals surface area contributed by atoms with Gasteiger partial charge in [0.15, 0.2) is 23.2 Å². The van der Waals surface area contributed by atoms with Crippen LogP contribution in [0.1, 0.15) is 43.7 Å². The minimum Gasteiger partial charge on any atom is -0.372 e. The summed E-state index contributed by atoms with van der Waals surface area (Å²) in [5.74, 6) is -3.70. The highest BCUT2D eigenvalue weighted by Crippen LogP contribution is 2.31. The lowest BCUT2D eigenvalue weighted by Crippen LogP contribution is -2.46. The second kappa shape index (κ2) is 9.57. The standard InChI is InChI=1S/C24H25F3N6O2/c1-13-11-33(12-14(2)35-13)23-28-10-19(25)22(30-23)29-20-9-18(21(15(3)34)32-31-20)16-5-7-17(8-6-16)24(4,26)27/h5-10,13-14H,11-12H2,1-4H3,(H,28,29,30,31)/t13-,14+. The van der Waals surface area contributed by atoms with Crippen LogP contribution in [0, 0.1) is 5.82 Å². The Morgan fingerprint density at radius 1 is 1.14 bits per heavy atom. The van der Waals surface area contributed by atoms with Crippen molar-refractivity contribution in [1.29, 1.82) is 0 Å². The lowest BCUT2D eigenvalue weighted by Gasteiger charge is -2.35. The number of benzene rings is 1. The fraction of sp³-hybridized carbons (Fsp3) is 0.375. The maximum absolute atomic E-state index is 14.6. The number of alkyl halides is 2. The second-order valence-corrected chi connectivity index (χ2v) is 8.67. The van der Waals surface area contributed by atoms with E-state index in [1.54, 1.807) is 0 Å². The number of halogens is 3. The van der Waals surface area contributed by atoms with Gasteiger partial charge in [-0.25, -0.2) is 18.2 Å². The Labute approximate surface area is 200 Å². The van der Waals surface area contributed by atoms with Crippen molar-refractivity contribution in [3.8, 4) is 11.1 Å². The number of Topliss-reactive ketones (excluding diaryl/α,β-unsaturated/α-hetero) is 1. The van der Waals surface area contributed by atoms with E-state index in [0.29, 0.717) is 30.2 Å². The Hall–Kier alpha value is -3.60. The van der Waals surface area contributed by atoms with Gasteiger partial charge in [0.05, 0.1) is 18.4 Å². The molecule has 1 fully saturated rings. The van der Waals surface area contributed by atoms with Crippen LogP contribution in [-0.2, 0) is 10.7 Å². The van der Waals surface area contributed by atoms with E-state index in [9.17, 15) is 18.0 Å². The largest absolute Gasteiger partial charge is 0.372 e. The Morgan fingerprint density at radius 3 is 2.40 bits per heavy atom. The molecule has 0 radical (unpaired) electrons. The third-order valence-corrected chi connectivity index (χ3v) is 5.51. The molecular formula is C24H25F3N6O2. The van der Waals surface area contributed by atoms with Crippen LogP contribution in [0.3, 0.4) is 0 Å². The molecule has 4 rings (SSSR count). The highest BCUT2D eigenvalue weighted by atomic mass is 19.3. The molecule has 2 atom stereocenters. The van der Waals surface area contributed by atoms with Crippen LogP contribution in [0.2, 0.25) is 0 Å². The summed E-state index contributed by atoms with van der Waals surface area (Å²) in [6.07, 6.45) is 1.00. The van der Waals surface area contributed by atoms with Crippen molar-refractivity contribution in [3.63, 3.8) is 0 Å². The van der Waals surface area contributed by atoms with E-state index < -0.39 is 11.7 Å². The number of aromatic nitrogens is 4. The van der Waals surface area contributed by atoms with Crippen LogP contribution in [-0.4, -0.2) is 51.2 Å². The first-order valence-electron chi connectivity index (χ1n) is 11.1. The second-order valence-electron chi connectivity index (χ2n) is 8.67. The predicted octanol–water partition coefficient (Wildman–Crippen LogP) is 4.74. The zero-order valence-electron chi connectivity index (χ0n) is 19.7. The van der Waals surface area contributed by atoms with E-state index in [0.717, 1.165) is 13.1 Å². The molecule has 1 aliphatic rings. The van der Waals surface area contributed by atoms with Gasteiger partial charge in [-0.05, 0) is 25.5 Å². The van der Waals surface area contributed by atoms with Crippen molar-refractivity contribution in [2.45, 2.75) is 45.8 Å². The van der Waals surface area contributed by atoms with Crippen LogP contribution >= 0.6 is 0 Å². The summed E-state index contributed by atoms with van der Waals surface area (Å²) in [7, 11) is 0. The molecule has 184 valence electrons. The van der Waals surface area contributed by atoms with E-state index in [2.05, 4.69) is 25.5 Å². The maximum atomic E-state index is 14.6. The molecular weight excluding hydrogens is 461 g/mol. The van der Waals surface area contributed by atoms with Crippen molar-refractivity contribution >= 4 is 23.4 Å². The number of ether oxygens (including phenoxy) is 1. The zero-order valence-corrected chi connectivity index (χ0v) is 19.7. The van der Waals surface area contributed by atoms with Gasteiger partial charge in [0.25, 0.3) is 5.92 Å². The minimum atomic E-state index is -3.00. The van der Waals surface area contributed by atoms with Crippen LogP contribution in [0.25, 0.3) is 11.1 Å². The van der Waals surface area contributed by atoms with Gasteiger partial charge in [0, 0.05) is 38.1 Å². The average molecular weight is 486 g/mol. The Bertz CT molecular complexity index is 1220. The van der Waals surface area contributed by atoms with Gasteiger partial charge in [-0.1, -0.05) is 24.3 Å². The molecule has 1 aliphatic heterocycles. The number of hydrogen-bond acceptors (Lipinski definition) is 8. The SMILES string of the molecule is CC(=O)c1nnc(Nc2nc(N3C[C@@H](C)O[C@@H](C)C3)ncc2F)cc1-c1ccc(C(C)(F)F)cc1. The smallest absolute Gasteiger partial charge is 0.270 e. The zero-order chi connectivity index (χ0) is 25.3. The van der Waals surface area contributed by atoms with Crippen LogP contribution in [0.15, 0.2) is 36.5 Å². The van der Waals surface area contributed by atoms with Crippen molar-refractivity contribution in [2.75, 3.05) is 23.3 Å². The molecule has 1 aromatic carbocycles. The fourth-order valence-electron chi connectivity index (χ4n) is 3.94. The van der Waals surface area contributed by atoms with Crippen LogP contribution in [0.4, 0.5) is 30.8 Å². The number of hydrogen-bond donors (Lipinski definition) is 1. The van der Waals surface area contributed by atoms with E-state index in [-0.39, 0.29) is 40.9 Å².